The van der Waals surface area contributed by atoms with Gasteiger partial charge in [0.05, 0.1) is 5.56 Å². The van der Waals surface area contributed by atoms with E-state index in [0.29, 0.717) is 5.56 Å². The Bertz CT molecular complexity index is 578. The van der Waals surface area contributed by atoms with E-state index < -0.39 is 0 Å². The molecular formula is C17H18BrNO. The summed E-state index contributed by atoms with van der Waals surface area (Å²) >= 11 is 3.39. The minimum absolute atomic E-state index is 0.0983. The number of rotatable bonds is 5. The number of benzene rings is 2. The van der Waals surface area contributed by atoms with Crippen LogP contribution in [0.4, 0.5) is 5.69 Å². The van der Waals surface area contributed by atoms with Crippen molar-refractivity contribution in [1.29, 1.82) is 0 Å². The lowest BCUT2D eigenvalue weighted by molar-refractivity contribution is 0.102. The number of halogens is 1. The van der Waals surface area contributed by atoms with Gasteiger partial charge in [0, 0.05) is 10.2 Å². The predicted octanol–water partition coefficient (Wildman–Crippen LogP) is 5.04. The molecule has 0 aliphatic carbocycles. The highest BCUT2D eigenvalue weighted by molar-refractivity contribution is 9.10. The molecular weight excluding hydrogens is 314 g/mol. The van der Waals surface area contributed by atoms with Gasteiger partial charge in [-0.1, -0.05) is 37.6 Å². The van der Waals surface area contributed by atoms with Crippen LogP contribution in [0.3, 0.4) is 0 Å². The molecule has 0 saturated carbocycles. The number of unbranched alkanes of at least 4 members (excludes halogenated alkanes) is 1. The molecule has 0 saturated heterocycles. The van der Waals surface area contributed by atoms with Crippen LogP contribution >= 0.6 is 15.9 Å². The number of aryl methyl sites for hydroxylation is 1. The Balaban J connectivity index is 2.03. The van der Waals surface area contributed by atoms with Gasteiger partial charge in [-0.3, -0.25) is 4.79 Å². The summed E-state index contributed by atoms with van der Waals surface area (Å²) in [5.74, 6) is -0.0983. The Morgan fingerprint density at radius 1 is 1.10 bits per heavy atom. The van der Waals surface area contributed by atoms with E-state index in [1.807, 2.05) is 30.3 Å². The summed E-state index contributed by atoms with van der Waals surface area (Å²) in [5.41, 5.74) is 2.78. The smallest absolute Gasteiger partial charge is 0.256 e. The zero-order chi connectivity index (χ0) is 14.4. The molecule has 0 heterocycles. The van der Waals surface area contributed by atoms with Crippen molar-refractivity contribution in [3.8, 4) is 0 Å². The second-order valence-corrected chi connectivity index (χ2v) is 5.59. The second-order valence-electron chi connectivity index (χ2n) is 4.73. The third-order valence-electron chi connectivity index (χ3n) is 3.15. The maximum Gasteiger partial charge on any atom is 0.256 e. The lowest BCUT2D eigenvalue weighted by atomic mass is 10.1. The van der Waals surface area contributed by atoms with E-state index in [1.165, 1.54) is 18.4 Å². The van der Waals surface area contributed by atoms with Gasteiger partial charge in [-0.2, -0.15) is 0 Å². The minimum Gasteiger partial charge on any atom is -0.322 e. The maximum atomic E-state index is 12.2. The van der Waals surface area contributed by atoms with Crippen LogP contribution in [0.25, 0.3) is 0 Å². The highest BCUT2D eigenvalue weighted by Gasteiger charge is 2.09. The van der Waals surface area contributed by atoms with Gasteiger partial charge in [-0.25, -0.2) is 0 Å². The van der Waals surface area contributed by atoms with Crippen LogP contribution < -0.4 is 5.32 Å². The standard InChI is InChI=1S/C17H18BrNO/c1-2-3-6-13-9-11-14(12-10-13)19-17(20)15-7-4-5-8-16(15)18/h4-5,7-12H,2-3,6H2,1H3,(H,19,20). The van der Waals surface area contributed by atoms with Gasteiger partial charge in [0.2, 0.25) is 0 Å². The summed E-state index contributed by atoms with van der Waals surface area (Å²) < 4.78 is 0.803. The average Bonchev–Trinajstić information content (AvgIpc) is 2.47. The second kappa shape index (κ2) is 7.25. The largest absolute Gasteiger partial charge is 0.322 e. The van der Waals surface area contributed by atoms with Crippen molar-refractivity contribution in [3.63, 3.8) is 0 Å². The van der Waals surface area contributed by atoms with Crippen LogP contribution in [0.2, 0.25) is 0 Å². The van der Waals surface area contributed by atoms with Crippen LogP contribution in [0, 0.1) is 0 Å². The summed E-state index contributed by atoms with van der Waals surface area (Å²) in [6.07, 6.45) is 3.48. The zero-order valence-electron chi connectivity index (χ0n) is 11.5. The third kappa shape index (κ3) is 3.94. The normalized spacial score (nSPS) is 10.3. The maximum absolute atomic E-state index is 12.2. The van der Waals surface area contributed by atoms with Crippen LogP contribution in [-0.4, -0.2) is 5.91 Å². The van der Waals surface area contributed by atoms with Crippen LogP contribution in [0.5, 0.6) is 0 Å². The van der Waals surface area contributed by atoms with E-state index in [0.717, 1.165) is 16.6 Å². The van der Waals surface area contributed by atoms with Crippen molar-refractivity contribution in [3.05, 3.63) is 64.1 Å². The van der Waals surface area contributed by atoms with E-state index in [1.54, 1.807) is 6.07 Å². The Morgan fingerprint density at radius 3 is 2.45 bits per heavy atom. The molecule has 2 rings (SSSR count). The fourth-order valence-corrected chi connectivity index (χ4v) is 2.44. The molecule has 3 heteroatoms. The zero-order valence-corrected chi connectivity index (χ0v) is 13.1. The molecule has 0 unspecified atom stereocenters. The molecule has 0 aliphatic heterocycles. The Hall–Kier alpha value is -1.61. The molecule has 1 N–H and O–H groups in total. The Morgan fingerprint density at radius 2 is 1.80 bits per heavy atom. The Kier molecular flexibility index (Phi) is 5.36. The summed E-state index contributed by atoms with van der Waals surface area (Å²) in [5, 5.41) is 2.91. The van der Waals surface area contributed by atoms with Crippen LogP contribution in [0.1, 0.15) is 35.7 Å². The minimum atomic E-state index is -0.0983. The number of amides is 1. The summed E-state index contributed by atoms with van der Waals surface area (Å²) in [4.78, 5) is 12.2. The number of nitrogens with one attached hydrogen (secondary N) is 1. The molecule has 0 atom stereocenters. The van der Waals surface area contributed by atoms with Crippen molar-refractivity contribution < 1.29 is 4.79 Å². The predicted molar refractivity (Wildman–Crippen MR) is 87.1 cm³/mol. The van der Waals surface area contributed by atoms with Crippen LogP contribution in [0.15, 0.2) is 53.0 Å². The Labute approximate surface area is 128 Å². The van der Waals surface area contributed by atoms with E-state index in [-0.39, 0.29) is 5.91 Å². The lowest BCUT2D eigenvalue weighted by Gasteiger charge is -2.07. The first-order chi connectivity index (χ1) is 9.70. The number of hydrogen-bond acceptors (Lipinski definition) is 1. The molecule has 0 fully saturated rings. The average molecular weight is 332 g/mol. The fraction of sp³-hybridized carbons (Fsp3) is 0.235. The summed E-state index contributed by atoms with van der Waals surface area (Å²) in [7, 11) is 0. The number of carbonyl (C=O) groups excluding carboxylic acids is 1. The van der Waals surface area contributed by atoms with Gasteiger partial charge in [-0.15, -0.1) is 0 Å². The van der Waals surface area contributed by atoms with Gasteiger partial charge in [0.25, 0.3) is 5.91 Å². The van der Waals surface area contributed by atoms with Gasteiger partial charge in [0.1, 0.15) is 0 Å². The van der Waals surface area contributed by atoms with Crippen LogP contribution in [-0.2, 0) is 6.42 Å². The van der Waals surface area contributed by atoms with Crippen molar-refractivity contribution in [1.82, 2.24) is 0 Å². The fourth-order valence-electron chi connectivity index (χ4n) is 1.98. The quantitative estimate of drug-likeness (QED) is 0.816. The molecule has 2 aromatic rings. The van der Waals surface area contributed by atoms with E-state index >= 15 is 0 Å². The summed E-state index contributed by atoms with van der Waals surface area (Å²) in [6.45, 7) is 2.19. The highest BCUT2D eigenvalue weighted by Crippen LogP contribution is 2.18. The monoisotopic (exact) mass is 331 g/mol. The van der Waals surface area contributed by atoms with Gasteiger partial charge < -0.3 is 5.32 Å². The van der Waals surface area contributed by atoms with Gasteiger partial charge in [-0.05, 0) is 58.6 Å². The molecule has 104 valence electrons. The number of anilines is 1. The molecule has 2 nitrogen and oxygen atoms in total. The van der Waals surface area contributed by atoms with Gasteiger partial charge >= 0.3 is 0 Å². The lowest BCUT2D eigenvalue weighted by Crippen LogP contribution is -2.12. The molecule has 2 aromatic carbocycles. The number of hydrogen-bond donors (Lipinski definition) is 1. The SMILES string of the molecule is CCCCc1ccc(NC(=O)c2ccccc2Br)cc1. The number of carbonyl (C=O) groups is 1. The summed E-state index contributed by atoms with van der Waals surface area (Å²) in [6, 6.07) is 15.5. The molecule has 0 aliphatic rings. The molecule has 1 amide bonds. The molecule has 0 bridgehead atoms. The van der Waals surface area contributed by atoms with Crippen molar-refractivity contribution in [2.24, 2.45) is 0 Å². The molecule has 0 spiro atoms. The van der Waals surface area contributed by atoms with Crippen molar-refractivity contribution >= 4 is 27.5 Å². The van der Waals surface area contributed by atoms with Crippen molar-refractivity contribution in [2.45, 2.75) is 26.2 Å². The van der Waals surface area contributed by atoms with E-state index in [9.17, 15) is 4.79 Å². The molecule has 0 aromatic heterocycles. The first-order valence-electron chi connectivity index (χ1n) is 6.85. The molecule has 20 heavy (non-hydrogen) atoms. The van der Waals surface area contributed by atoms with E-state index in [2.05, 4.69) is 40.3 Å². The molecule has 0 radical (unpaired) electrons. The van der Waals surface area contributed by atoms with Crippen molar-refractivity contribution in [2.75, 3.05) is 5.32 Å². The topological polar surface area (TPSA) is 29.1 Å². The first-order valence-corrected chi connectivity index (χ1v) is 7.65. The van der Waals surface area contributed by atoms with E-state index in [4.69, 9.17) is 0 Å². The van der Waals surface area contributed by atoms with Gasteiger partial charge in [0.15, 0.2) is 0 Å². The third-order valence-corrected chi connectivity index (χ3v) is 3.84. The highest BCUT2D eigenvalue weighted by atomic mass is 79.9. The first kappa shape index (κ1) is 14.8.